The van der Waals surface area contributed by atoms with E-state index < -0.39 is 0 Å². The van der Waals surface area contributed by atoms with Gasteiger partial charge in [0.05, 0.1) is 6.10 Å². The van der Waals surface area contributed by atoms with Crippen molar-refractivity contribution in [3.63, 3.8) is 0 Å². The number of nitrogens with zero attached hydrogens (tertiary/aromatic N) is 2. The van der Waals surface area contributed by atoms with Crippen LogP contribution in [0.5, 0.6) is 0 Å². The predicted molar refractivity (Wildman–Crippen MR) is 95.0 cm³/mol. The Hall–Kier alpha value is -1.26. The van der Waals surface area contributed by atoms with Gasteiger partial charge >= 0.3 is 0 Å². The van der Waals surface area contributed by atoms with Crippen LogP contribution in [-0.4, -0.2) is 44.7 Å². The van der Waals surface area contributed by atoms with E-state index in [-0.39, 0.29) is 6.10 Å². The highest BCUT2D eigenvalue weighted by atomic mass is 35.5. The molecular formula is C18H26ClN3O. The Bertz CT molecular complexity index is 571. The van der Waals surface area contributed by atoms with Crippen LogP contribution in [0.3, 0.4) is 0 Å². The third-order valence-corrected chi connectivity index (χ3v) is 5.55. The SMILES string of the molecule is CN=C(NCC(OC)c1cccc(Cl)c1)N1CCC2(CCC2)C1. The molecule has 1 heterocycles. The number of halogens is 1. The highest BCUT2D eigenvalue weighted by Gasteiger charge is 2.43. The molecular weight excluding hydrogens is 310 g/mol. The molecule has 2 fully saturated rings. The molecule has 0 aromatic heterocycles. The van der Waals surface area contributed by atoms with E-state index in [4.69, 9.17) is 16.3 Å². The lowest BCUT2D eigenvalue weighted by Gasteiger charge is -2.38. The molecule has 2 aliphatic rings. The van der Waals surface area contributed by atoms with Gasteiger partial charge in [-0.25, -0.2) is 0 Å². The van der Waals surface area contributed by atoms with Gasteiger partial charge in [-0.15, -0.1) is 0 Å². The van der Waals surface area contributed by atoms with E-state index in [1.54, 1.807) is 7.11 Å². The molecule has 1 spiro atoms. The Kier molecular flexibility index (Phi) is 5.12. The monoisotopic (exact) mass is 335 g/mol. The van der Waals surface area contributed by atoms with Gasteiger partial charge in [0.1, 0.15) is 0 Å². The first-order valence-corrected chi connectivity index (χ1v) is 8.77. The van der Waals surface area contributed by atoms with Crippen molar-refractivity contribution in [2.24, 2.45) is 10.4 Å². The van der Waals surface area contributed by atoms with Crippen molar-refractivity contribution in [1.82, 2.24) is 10.2 Å². The number of benzene rings is 1. The zero-order valence-electron chi connectivity index (χ0n) is 14.0. The molecule has 1 aliphatic heterocycles. The van der Waals surface area contributed by atoms with Crippen LogP contribution in [-0.2, 0) is 4.74 Å². The Balaban J connectivity index is 1.59. The molecule has 23 heavy (non-hydrogen) atoms. The van der Waals surface area contributed by atoms with E-state index in [2.05, 4.69) is 15.2 Å². The third-order valence-electron chi connectivity index (χ3n) is 5.31. The molecule has 5 heteroatoms. The first-order chi connectivity index (χ1) is 11.2. The summed E-state index contributed by atoms with van der Waals surface area (Å²) in [6.07, 6.45) is 5.41. The molecule has 0 amide bonds. The smallest absolute Gasteiger partial charge is 0.193 e. The first kappa shape index (κ1) is 16.6. The van der Waals surface area contributed by atoms with Gasteiger partial charge in [0.15, 0.2) is 5.96 Å². The summed E-state index contributed by atoms with van der Waals surface area (Å²) in [5.74, 6) is 0.984. The van der Waals surface area contributed by atoms with Crippen LogP contribution < -0.4 is 5.32 Å². The second-order valence-electron chi connectivity index (χ2n) is 6.73. The van der Waals surface area contributed by atoms with Gasteiger partial charge in [-0.2, -0.15) is 0 Å². The normalized spacial score (nSPS) is 21.3. The van der Waals surface area contributed by atoms with Crippen molar-refractivity contribution in [2.45, 2.75) is 31.8 Å². The van der Waals surface area contributed by atoms with Crippen molar-refractivity contribution in [3.05, 3.63) is 34.9 Å². The van der Waals surface area contributed by atoms with E-state index in [9.17, 15) is 0 Å². The number of hydrogen-bond donors (Lipinski definition) is 1. The number of nitrogens with one attached hydrogen (secondary N) is 1. The fourth-order valence-corrected chi connectivity index (χ4v) is 3.96. The van der Waals surface area contributed by atoms with Gasteiger partial charge in [-0.3, -0.25) is 4.99 Å². The molecule has 1 aromatic carbocycles. The minimum absolute atomic E-state index is 0.0364. The second-order valence-corrected chi connectivity index (χ2v) is 7.17. The Labute approximate surface area is 143 Å². The van der Waals surface area contributed by atoms with Crippen LogP contribution >= 0.6 is 11.6 Å². The number of methoxy groups -OCH3 is 1. The third kappa shape index (κ3) is 3.64. The topological polar surface area (TPSA) is 36.9 Å². The quantitative estimate of drug-likeness (QED) is 0.676. The van der Waals surface area contributed by atoms with Crippen LogP contribution in [0.1, 0.15) is 37.4 Å². The summed E-state index contributed by atoms with van der Waals surface area (Å²) in [6.45, 7) is 2.93. The first-order valence-electron chi connectivity index (χ1n) is 8.40. The van der Waals surface area contributed by atoms with Gasteiger partial charge in [-0.1, -0.05) is 30.2 Å². The molecule has 1 unspecified atom stereocenters. The van der Waals surface area contributed by atoms with Gasteiger partial charge < -0.3 is 15.0 Å². The van der Waals surface area contributed by atoms with Crippen molar-refractivity contribution in [3.8, 4) is 0 Å². The molecule has 0 bridgehead atoms. The molecule has 1 saturated carbocycles. The Morgan fingerprint density at radius 1 is 1.43 bits per heavy atom. The fourth-order valence-electron chi connectivity index (χ4n) is 3.76. The van der Waals surface area contributed by atoms with Gasteiger partial charge in [0.25, 0.3) is 0 Å². The molecule has 3 rings (SSSR count). The van der Waals surface area contributed by atoms with Crippen molar-refractivity contribution < 1.29 is 4.74 Å². The molecule has 126 valence electrons. The fraction of sp³-hybridized carbons (Fsp3) is 0.611. The summed E-state index contributed by atoms with van der Waals surface area (Å²) < 4.78 is 5.63. The van der Waals surface area contributed by atoms with Crippen LogP contribution in [0, 0.1) is 5.41 Å². The number of aliphatic imine (C=N–C) groups is 1. The summed E-state index contributed by atoms with van der Waals surface area (Å²) in [7, 11) is 3.59. The van der Waals surface area contributed by atoms with E-state index in [0.717, 1.165) is 29.6 Å². The molecule has 1 saturated heterocycles. The predicted octanol–water partition coefficient (Wildman–Crippen LogP) is 3.48. The van der Waals surface area contributed by atoms with Crippen LogP contribution in [0.4, 0.5) is 0 Å². The van der Waals surface area contributed by atoms with Crippen LogP contribution in [0.15, 0.2) is 29.3 Å². The van der Waals surface area contributed by atoms with E-state index in [1.165, 1.54) is 25.7 Å². The molecule has 4 nitrogen and oxygen atoms in total. The molecule has 1 atom stereocenters. The van der Waals surface area contributed by atoms with Crippen LogP contribution in [0.25, 0.3) is 0 Å². The van der Waals surface area contributed by atoms with E-state index in [1.807, 2.05) is 31.3 Å². The van der Waals surface area contributed by atoms with Gasteiger partial charge in [0, 0.05) is 38.8 Å². The summed E-state index contributed by atoms with van der Waals surface area (Å²) in [4.78, 5) is 6.85. The maximum absolute atomic E-state index is 6.09. The largest absolute Gasteiger partial charge is 0.375 e. The summed E-state index contributed by atoms with van der Waals surface area (Å²) in [5.41, 5.74) is 1.66. The van der Waals surface area contributed by atoms with Gasteiger partial charge in [0.2, 0.25) is 0 Å². The zero-order chi connectivity index (χ0) is 16.3. The van der Waals surface area contributed by atoms with Crippen molar-refractivity contribution >= 4 is 17.6 Å². The summed E-state index contributed by atoms with van der Waals surface area (Å²) in [6, 6.07) is 7.84. The minimum atomic E-state index is -0.0364. The molecule has 1 N–H and O–H groups in total. The summed E-state index contributed by atoms with van der Waals surface area (Å²) >= 11 is 6.09. The Morgan fingerprint density at radius 3 is 2.83 bits per heavy atom. The van der Waals surface area contributed by atoms with Gasteiger partial charge in [-0.05, 0) is 42.4 Å². The average Bonchev–Trinajstić information content (AvgIpc) is 2.97. The lowest BCUT2D eigenvalue weighted by Crippen LogP contribution is -2.43. The number of ether oxygens (including phenoxy) is 1. The standard InChI is InChI=1S/C18H26ClN3O/c1-20-17(22-10-9-18(13-22)7-4-8-18)21-12-16(23-2)14-5-3-6-15(19)11-14/h3,5-6,11,16H,4,7-10,12-13H2,1-2H3,(H,20,21). The van der Waals surface area contributed by atoms with E-state index in [0.29, 0.717) is 12.0 Å². The Morgan fingerprint density at radius 2 is 2.26 bits per heavy atom. The van der Waals surface area contributed by atoms with E-state index >= 15 is 0 Å². The number of rotatable bonds is 4. The number of hydrogen-bond acceptors (Lipinski definition) is 2. The molecule has 1 aliphatic carbocycles. The van der Waals surface area contributed by atoms with Crippen molar-refractivity contribution in [1.29, 1.82) is 0 Å². The van der Waals surface area contributed by atoms with Crippen LogP contribution in [0.2, 0.25) is 5.02 Å². The minimum Gasteiger partial charge on any atom is -0.375 e. The summed E-state index contributed by atoms with van der Waals surface area (Å²) in [5, 5.41) is 4.21. The molecule has 1 aromatic rings. The maximum atomic E-state index is 6.09. The lowest BCUT2D eigenvalue weighted by atomic mass is 9.68. The second kappa shape index (κ2) is 7.10. The lowest BCUT2D eigenvalue weighted by molar-refractivity contribution is 0.105. The highest BCUT2D eigenvalue weighted by molar-refractivity contribution is 6.30. The van der Waals surface area contributed by atoms with Crippen molar-refractivity contribution in [2.75, 3.05) is 33.8 Å². The number of likely N-dealkylation sites (tertiary alicyclic amines) is 1. The maximum Gasteiger partial charge on any atom is 0.193 e. The highest BCUT2D eigenvalue weighted by Crippen LogP contribution is 2.47. The average molecular weight is 336 g/mol. The zero-order valence-corrected chi connectivity index (χ0v) is 14.8. The number of guanidine groups is 1. The molecule has 0 radical (unpaired) electrons.